The second-order valence-corrected chi connectivity index (χ2v) is 2.94. The van der Waals surface area contributed by atoms with E-state index in [1.165, 1.54) is 0 Å². The average Bonchev–Trinajstić information content (AvgIpc) is 2.67. The van der Waals surface area contributed by atoms with Gasteiger partial charge >= 0.3 is 0 Å². The Hall–Kier alpha value is -1.28. The summed E-state index contributed by atoms with van der Waals surface area (Å²) in [5, 5.41) is 4.10. The zero-order valence-electron chi connectivity index (χ0n) is 7.02. The predicted octanol–water partition coefficient (Wildman–Crippen LogP) is 2.75. The van der Waals surface area contributed by atoms with Crippen LogP contribution in [-0.2, 0) is 6.00 Å². The van der Waals surface area contributed by atoms with E-state index in [0.29, 0.717) is 6.00 Å². The number of hydrogen-bond donors (Lipinski definition) is 0. The third-order valence-electron chi connectivity index (χ3n) is 1.90. The largest absolute Gasteiger partial charge is 0.250 e. The molecule has 1 heterocycles. The Bertz CT molecular complexity index is 381. The SMILES string of the molecule is ClCn1nccc1-c1ccccc1. The van der Waals surface area contributed by atoms with Crippen LogP contribution < -0.4 is 0 Å². The molecule has 0 spiro atoms. The van der Waals surface area contributed by atoms with Crippen LogP contribution in [0.1, 0.15) is 0 Å². The molecule has 0 radical (unpaired) electrons. The Labute approximate surface area is 81.8 Å². The highest BCUT2D eigenvalue weighted by molar-refractivity contribution is 6.15. The first-order chi connectivity index (χ1) is 6.42. The lowest BCUT2D eigenvalue weighted by Crippen LogP contribution is -1.96. The van der Waals surface area contributed by atoms with Gasteiger partial charge in [0.1, 0.15) is 6.00 Å². The van der Waals surface area contributed by atoms with Crippen LogP contribution in [0.4, 0.5) is 0 Å². The van der Waals surface area contributed by atoms with Crippen LogP contribution in [0.25, 0.3) is 11.3 Å². The van der Waals surface area contributed by atoms with E-state index in [4.69, 9.17) is 11.6 Å². The van der Waals surface area contributed by atoms with Crippen LogP contribution in [0.5, 0.6) is 0 Å². The molecule has 0 saturated heterocycles. The van der Waals surface area contributed by atoms with Gasteiger partial charge in [-0.05, 0) is 11.6 Å². The lowest BCUT2D eigenvalue weighted by Gasteiger charge is -2.02. The molecule has 0 unspecified atom stereocenters. The number of nitrogens with zero attached hydrogens (tertiary/aromatic N) is 2. The molecule has 0 aliphatic heterocycles. The molecule has 0 saturated carbocycles. The van der Waals surface area contributed by atoms with E-state index in [1.807, 2.05) is 36.4 Å². The molecule has 1 aromatic heterocycles. The van der Waals surface area contributed by atoms with Crippen molar-refractivity contribution in [1.29, 1.82) is 0 Å². The summed E-state index contributed by atoms with van der Waals surface area (Å²) in [7, 11) is 0. The van der Waals surface area contributed by atoms with Crippen molar-refractivity contribution in [2.24, 2.45) is 0 Å². The van der Waals surface area contributed by atoms with Gasteiger partial charge in [-0.1, -0.05) is 30.3 Å². The number of rotatable bonds is 2. The highest BCUT2D eigenvalue weighted by Crippen LogP contribution is 2.18. The Morgan fingerprint density at radius 3 is 2.62 bits per heavy atom. The number of halogens is 1. The summed E-state index contributed by atoms with van der Waals surface area (Å²) in [6.07, 6.45) is 1.75. The van der Waals surface area contributed by atoms with Gasteiger partial charge in [-0.2, -0.15) is 5.10 Å². The smallest absolute Gasteiger partial charge is 0.116 e. The highest BCUT2D eigenvalue weighted by atomic mass is 35.5. The fraction of sp³-hybridized carbons (Fsp3) is 0.100. The monoisotopic (exact) mass is 192 g/mol. The fourth-order valence-electron chi connectivity index (χ4n) is 1.28. The maximum absolute atomic E-state index is 5.72. The number of hydrogen-bond acceptors (Lipinski definition) is 1. The molecule has 1 aromatic carbocycles. The average molecular weight is 193 g/mol. The minimum Gasteiger partial charge on any atom is -0.250 e. The van der Waals surface area contributed by atoms with Crippen LogP contribution in [0.15, 0.2) is 42.6 Å². The Balaban J connectivity index is 2.47. The molecule has 0 atom stereocenters. The van der Waals surface area contributed by atoms with Crippen LogP contribution in [0, 0.1) is 0 Å². The van der Waals surface area contributed by atoms with Crippen molar-refractivity contribution in [3.8, 4) is 11.3 Å². The third-order valence-corrected chi connectivity index (χ3v) is 2.13. The van der Waals surface area contributed by atoms with E-state index >= 15 is 0 Å². The quantitative estimate of drug-likeness (QED) is 0.669. The molecular weight excluding hydrogens is 184 g/mol. The van der Waals surface area contributed by atoms with Gasteiger partial charge in [0, 0.05) is 6.20 Å². The van der Waals surface area contributed by atoms with Crippen LogP contribution in [0.2, 0.25) is 0 Å². The van der Waals surface area contributed by atoms with Crippen molar-refractivity contribution in [2.75, 3.05) is 0 Å². The van der Waals surface area contributed by atoms with Gasteiger partial charge in [-0.25, -0.2) is 0 Å². The minimum absolute atomic E-state index is 0.386. The van der Waals surface area contributed by atoms with Gasteiger partial charge < -0.3 is 0 Å². The Morgan fingerprint density at radius 2 is 1.92 bits per heavy atom. The molecule has 2 rings (SSSR count). The second kappa shape index (κ2) is 3.62. The first kappa shape index (κ1) is 8.32. The summed E-state index contributed by atoms with van der Waals surface area (Å²) < 4.78 is 1.76. The molecular formula is C10H9ClN2. The summed E-state index contributed by atoms with van der Waals surface area (Å²) >= 11 is 5.72. The van der Waals surface area contributed by atoms with Gasteiger partial charge in [0.2, 0.25) is 0 Å². The first-order valence-corrected chi connectivity index (χ1v) is 4.58. The molecule has 0 amide bonds. The maximum atomic E-state index is 5.72. The lowest BCUT2D eigenvalue weighted by molar-refractivity contribution is 0.752. The summed E-state index contributed by atoms with van der Waals surface area (Å²) in [6.45, 7) is 0. The van der Waals surface area contributed by atoms with Gasteiger partial charge in [0.15, 0.2) is 0 Å². The Morgan fingerprint density at radius 1 is 1.15 bits per heavy atom. The van der Waals surface area contributed by atoms with Crippen LogP contribution >= 0.6 is 11.6 Å². The molecule has 0 aliphatic rings. The molecule has 0 N–H and O–H groups in total. The fourth-order valence-corrected chi connectivity index (χ4v) is 1.47. The van der Waals surface area contributed by atoms with E-state index in [0.717, 1.165) is 11.3 Å². The van der Waals surface area contributed by atoms with Crippen molar-refractivity contribution in [3.05, 3.63) is 42.6 Å². The van der Waals surface area contributed by atoms with Gasteiger partial charge in [0.25, 0.3) is 0 Å². The van der Waals surface area contributed by atoms with E-state index < -0.39 is 0 Å². The Kier molecular flexibility index (Phi) is 2.32. The lowest BCUT2D eigenvalue weighted by atomic mass is 10.1. The molecule has 2 nitrogen and oxygen atoms in total. The molecule has 3 heteroatoms. The summed E-state index contributed by atoms with van der Waals surface area (Å²) in [5.74, 6) is 0. The van der Waals surface area contributed by atoms with E-state index in [-0.39, 0.29) is 0 Å². The van der Waals surface area contributed by atoms with Crippen LogP contribution in [0.3, 0.4) is 0 Å². The molecule has 0 fully saturated rings. The number of alkyl halides is 1. The van der Waals surface area contributed by atoms with E-state index in [2.05, 4.69) is 5.10 Å². The molecule has 2 aromatic rings. The molecule has 0 aliphatic carbocycles. The molecule has 13 heavy (non-hydrogen) atoms. The maximum Gasteiger partial charge on any atom is 0.116 e. The minimum atomic E-state index is 0.386. The summed E-state index contributed by atoms with van der Waals surface area (Å²) in [6, 6.07) is 12.4. The standard InChI is InChI=1S/C10H9ClN2/c11-8-13-10(6-7-12-13)9-4-2-1-3-5-9/h1-7H,8H2. The molecule has 66 valence electrons. The normalized spacial score (nSPS) is 10.2. The molecule has 0 bridgehead atoms. The van der Waals surface area contributed by atoms with E-state index in [9.17, 15) is 0 Å². The van der Waals surface area contributed by atoms with Crippen molar-refractivity contribution in [3.63, 3.8) is 0 Å². The zero-order chi connectivity index (χ0) is 9.10. The number of aromatic nitrogens is 2. The summed E-state index contributed by atoms with van der Waals surface area (Å²) in [4.78, 5) is 0. The van der Waals surface area contributed by atoms with Crippen molar-refractivity contribution in [2.45, 2.75) is 6.00 Å². The van der Waals surface area contributed by atoms with Gasteiger partial charge in [0.05, 0.1) is 5.69 Å². The zero-order valence-corrected chi connectivity index (χ0v) is 7.78. The third kappa shape index (κ3) is 1.58. The van der Waals surface area contributed by atoms with E-state index in [1.54, 1.807) is 10.9 Å². The number of benzene rings is 1. The highest BCUT2D eigenvalue weighted by Gasteiger charge is 2.02. The van der Waals surface area contributed by atoms with Crippen LogP contribution in [-0.4, -0.2) is 9.78 Å². The summed E-state index contributed by atoms with van der Waals surface area (Å²) in [5.41, 5.74) is 2.19. The van der Waals surface area contributed by atoms with Gasteiger partial charge in [-0.3, -0.25) is 4.68 Å². The van der Waals surface area contributed by atoms with Crippen molar-refractivity contribution in [1.82, 2.24) is 9.78 Å². The predicted molar refractivity (Wildman–Crippen MR) is 53.5 cm³/mol. The first-order valence-electron chi connectivity index (χ1n) is 4.05. The van der Waals surface area contributed by atoms with Gasteiger partial charge in [-0.15, -0.1) is 11.6 Å². The van der Waals surface area contributed by atoms with Crippen molar-refractivity contribution < 1.29 is 0 Å². The second-order valence-electron chi connectivity index (χ2n) is 2.70. The topological polar surface area (TPSA) is 17.8 Å². The van der Waals surface area contributed by atoms with Crippen molar-refractivity contribution >= 4 is 11.6 Å².